The molecule has 5 heteroatoms. The third-order valence-corrected chi connectivity index (χ3v) is 4.43. The Hall–Kier alpha value is -2.92. The summed E-state index contributed by atoms with van der Waals surface area (Å²) in [6.07, 6.45) is 4.85. The molecule has 4 aromatic rings. The number of rotatable bonds is 3. The minimum Gasteiger partial charge on any atom is -0.508 e. The van der Waals surface area contributed by atoms with Crippen LogP contribution in [0.3, 0.4) is 0 Å². The summed E-state index contributed by atoms with van der Waals surface area (Å²) in [4.78, 5) is 16.7. The summed E-state index contributed by atoms with van der Waals surface area (Å²) in [6, 6.07) is 10.6. The second-order valence-electron chi connectivity index (χ2n) is 5.11. The molecule has 0 fully saturated rings. The van der Waals surface area contributed by atoms with Crippen LogP contribution >= 0.6 is 11.3 Å². The molecule has 112 valence electrons. The third kappa shape index (κ3) is 2.41. The van der Waals surface area contributed by atoms with E-state index in [1.807, 2.05) is 18.2 Å². The van der Waals surface area contributed by atoms with Crippen molar-refractivity contribution in [2.45, 2.75) is 0 Å². The van der Waals surface area contributed by atoms with E-state index in [0.717, 1.165) is 21.9 Å². The Morgan fingerprint density at radius 3 is 2.83 bits per heavy atom. The molecule has 0 aliphatic carbocycles. The van der Waals surface area contributed by atoms with Crippen molar-refractivity contribution < 1.29 is 14.3 Å². The van der Waals surface area contributed by atoms with Gasteiger partial charge in [-0.3, -0.25) is 4.79 Å². The summed E-state index contributed by atoms with van der Waals surface area (Å²) >= 11 is 1.31. The van der Waals surface area contributed by atoms with Crippen LogP contribution in [0.1, 0.15) is 15.4 Å². The highest BCUT2D eigenvalue weighted by Crippen LogP contribution is 2.33. The molecule has 0 spiro atoms. The molecule has 0 saturated carbocycles. The third-order valence-electron chi connectivity index (χ3n) is 3.66. The Morgan fingerprint density at radius 2 is 2.09 bits per heavy atom. The molecule has 0 aliphatic heterocycles. The van der Waals surface area contributed by atoms with Crippen LogP contribution in [0.5, 0.6) is 5.75 Å². The molecule has 1 N–H and O–H groups in total. The molecule has 4 nitrogen and oxygen atoms in total. The normalized spacial score (nSPS) is 11.0. The molecule has 4 rings (SSSR count). The summed E-state index contributed by atoms with van der Waals surface area (Å²) in [5, 5.41) is 13.7. The summed E-state index contributed by atoms with van der Waals surface area (Å²) in [5.41, 5.74) is 2.31. The number of thiazole rings is 1. The molecule has 2 aromatic carbocycles. The topological polar surface area (TPSA) is 63.3 Å². The van der Waals surface area contributed by atoms with E-state index in [1.54, 1.807) is 42.3 Å². The van der Waals surface area contributed by atoms with Gasteiger partial charge in [0, 0.05) is 22.7 Å². The first-order valence-electron chi connectivity index (χ1n) is 6.96. The highest BCUT2D eigenvalue weighted by molar-refractivity contribution is 7.11. The molecule has 0 saturated heterocycles. The number of ketones is 1. The van der Waals surface area contributed by atoms with E-state index in [4.69, 9.17) is 4.42 Å². The van der Waals surface area contributed by atoms with Crippen molar-refractivity contribution in [3.05, 3.63) is 71.1 Å². The van der Waals surface area contributed by atoms with Crippen LogP contribution in [-0.2, 0) is 0 Å². The molecule has 0 aliphatic rings. The number of carbonyl (C=O) groups is 1. The highest BCUT2D eigenvalue weighted by Gasteiger charge is 2.16. The Bertz CT molecular complexity index is 989. The average Bonchev–Trinajstić information content (AvgIpc) is 3.26. The smallest absolute Gasteiger partial charge is 0.221 e. The first-order valence-corrected chi connectivity index (χ1v) is 7.84. The molecule has 0 bridgehead atoms. The van der Waals surface area contributed by atoms with Crippen LogP contribution in [0, 0.1) is 0 Å². The molecule has 2 heterocycles. The van der Waals surface area contributed by atoms with Crippen molar-refractivity contribution in [1.29, 1.82) is 0 Å². The number of carbonyl (C=O) groups excluding carboxylic acids is 1. The summed E-state index contributed by atoms with van der Waals surface area (Å²) in [5.74, 6) is 0.0319. The van der Waals surface area contributed by atoms with Crippen LogP contribution in [-0.4, -0.2) is 15.9 Å². The van der Waals surface area contributed by atoms with E-state index in [9.17, 15) is 9.90 Å². The number of furan rings is 1. The summed E-state index contributed by atoms with van der Waals surface area (Å²) in [7, 11) is 0. The molecule has 2 aromatic heterocycles. The molecule has 0 radical (unpaired) electrons. The quantitative estimate of drug-likeness (QED) is 0.565. The van der Waals surface area contributed by atoms with E-state index < -0.39 is 0 Å². The summed E-state index contributed by atoms with van der Waals surface area (Å²) < 4.78 is 5.17. The lowest BCUT2D eigenvalue weighted by Gasteiger charge is -2.08. The molecular formula is C18H11NO3S. The van der Waals surface area contributed by atoms with E-state index in [-0.39, 0.29) is 11.5 Å². The molecule has 0 amide bonds. The van der Waals surface area contributed by atoms with Crippen molar-refractivity contribution in [3.63, 3.8) is 0 Å². The number of benzene rings is 2. The first-order chi connectivity index (χ1) is 11.2. The standard InChI is InChI=1S/C18H11NO3S/c20-14-1-2-15-12(8-14)7-13(17(21)18-19-4-6-23-18)9-16(15)11-3-5-22-10-11/h1-10,20H. The molecule has 23 heavy (non-hydrogen) atoms. The van der Waals surface area contributed by atoms with Gasteiger partial charge in [-0.05, 0) is 46.7 Å². The number of hydrogen-bond acceptors (Lipinski definition) is 5. The van der Waals surface area contributed by atoms with Gasteiger partial charge in [-0.2, -0.15) is 0 Å². The fraction of sp³-hybridized carbons (Fsp3) is 0. The van der Waals surface area contributed by atoms with E-state index in [1.165, 1.54) is 11.3 Å². The summed E-state index contributed by atoms with van der Waals surface area (Å²) in [6.45, 7) is 0. The SMILES string of the molecule is O=C(c1cc(-c2ccoc2)c2ccc(O)cc2c1)c1nccs1. The Balaban J connectivity index is 1.98. The van der Waals surface area contributed by atoms with Gasteiger partial charge in [-0.15, -0.1) is 11.3 Å². The maximum Gasteiger partial charge on any atom is 0.221 e. The number of aromatic nitrogens is 1. The number of phenolic OH excluding ortho intramolecular Hbond substituents is 1. The lowest BCUT2D eigenvalue weighted by atomic mass is 9.95. The van der Waals surface area contributed by atoms with Crippen molar-refractivity contribution in [2.75, 3.05) is 0 Å². The number of hydrogen-bond donors (Lipinski definition) is 1. The van der Waals surface area contributed by atoms with Crippen LogP contribution in [0.15, 0.2) is 64.9 Å². The predicted octanol–water partition coefficient (Wildman–Crippen LogP) is 4.49. The second kappa shape index (κ2) is 5.37. The zero-order valence-electron chi connectivity index (χ0n) is 11.9. The van der Waals surface area contributed by atoms with E-state index in [2.05, 4.69) is 4.98 Å². The fourth-order valence-electron chi connectivity index (χ4n) is 2.60. The van der Waals surface area contributed by atoms with Gasteiger partial charge in [0.2, 0.25) is 5.78 Å². The van der Waals surface area contributed by atoms with Crippen LogP contribution in [0.25, 0.3) is 21.9 Å². The Labute approximate surface area is 135 Å². The monoisotopic (exact) mass is 321 g/mol. The molecule has 0 atom stereocenters. The molecular weight excluding hydrogens is 310 g/mol. The lowest BCUT2D eigenvalue weighted by molar-refractivity contribution is 0.103. The zero-order valence-corrected chi connectivity index (χ0v) is 12.7. The average molecular weight is 321 g/mol. The minimum absolute atomic E-state index is 0.130. The second-order valence-corrected chi connectivity index (χ2v) is 6.00. The van der Waals surface area contributed by atoms with E-state index in [0.29, 0.717) is 10.6 Å². The van der Waals surface area contributed by atoms with Crippen LogP contribution < -0.4 is 0 Å². The van der Waals surface area contributed by atoms with Gasteiger partial charge in [-0.25, -0.2) is 4.98 Å². The van der Waals surface area contributed by atoms with Gasteiger partial charge in [0.15, 0.2) is 5.01 Å². The lowest BCUT2D eigenvalue weighted by Crippen LogP contribution is -2.01. The van der Waals surface area contributed by atoms with E-state index >= 15 is 0 Å². The van der Waals surface area contributed by atoms with Crippen LogP contribution in [0.2, 0.25) is 0 Å². The highest BCUT2D eigenvalue weighted by atomic mass is 32.1. The number of aromatic hydroxyl groups is 1. The maximum atomic E-state index is 12.6. The van der Waals surface area contributed by atoms with Crippen molar-refractivity contribution in [2.24, 2.45) is 0 Å². The number of nitrogens with zero attached hydrogens (tertiary/aromatic N) is 1. The Kier molecular flexibility index (Phi) is 3.20. The maximum absolute atomic E-state index is 12.6. The first kappa shape index (κ1) is 13.7. The van der Waals surface area contributed by atoms with Crippen molar-refractivity contribution >= 4 is 27.9 Å². The van der Waals surface area contributed by atoms with Gasteiger partial charge in [0.25, 0.3) is 0 Å². The largest absolute Gasteiger partial charge is 0.508 e. The number of phenols is 1. The zero-order chi connectivity index (χ0) is 15.8. The molecule has 0 unspecified atom stereocenters. The van der Waals surface area contributed by atoms with Crippen molar-refractivity contribution in [1.82, 2.24) is 4.98 Å². The number of fused-ring (bicyclic) bond motifs is 1. The Morgan fingerprint density at radius 1 is 1.17 bits per heavy atom. The van der Waals surface area contributed by atoms with Gasteiger partial charge in [0.1, 0.15) is 5.75 Å². The predicted molar refractivity (Wildman–Crippen MR) is 88.9 cm³/mol. The van der Waals surface area contributed by atoms with Crippen molar-refractivity contribution in [3.8, 4) is 16.9 Å². The van der Waals surface area contributed by atoms with Gasteiger partial charge in [0.05, 0.1) is 12.5 Å². The minimum atomic E-state index is -0.130. The van der Waals surface area contributed by atoms with Gasteiger partial charge in [-0.1, -0.05) is 6.07 Å². The fourth-order valence-corrected chi connectivity index (χ4v) is 3.20. The van der Waals surface area contributed by atoms with Crippen LogP contribution in [0.4, 0.5) is 0 Å². The van der Waals surface area contributed by atoms with Gasteiger partial charge >= 0.3 is 0 Å². The van der Waals surface area contributed by atoms with Gasteiger partial charge < -0.3 is 9.52 Å².